The second kappa shape index (κ2) is 4.95. The molecule has 0 bridgehead atoms. The van der Waals surface area contributed by atoms with Gasteiger partial charge in [-0.3, -0.25) is 4.90 Å². The number of rotatable bonds is 4. The van der Waals surface area contributed by atoms with Gasteiger partial charge in [0.2, 0.25) is 0 Å². The normalized spacial score (nSPS) is 17.1. The molecule has 1 N–H and O–H groups in total. The van der Waals surface area contributed by atoms with Crippen LogP contribution in [0.4, 0.5) is 0 Å². The van der Waals surface area contributed by atoms with Gasteiger partial charge in [0, 0.05) is 39.9 Å². The van der Waals surface area contributed by atoms with E-state index in [1.54, 1.807) is 0 Å². The predicted molar refractivity (Wildman–Crippen MR) is 69.5 cm³/mol. The molecule has 1 aromatic heterocycles. The number of hydrogen-bond acceptors (Lipinski definition) is 3. The minimum atomic E-state index is 0.746. The lowest BCUT2D eigenvalue weighted by Gasteiger charge is -2.37. The minimum absolute atomic E-state index is 0.746. The zero-order chi connectivity index (χ0) is 10.8. The van der Waals surface area contributed by atoms with Crippen molar-refractivity contribution in [3.05, 3.63) is 20.3 Å². The third-order valence-corrected chi connectivity index (χ3v) is 5.07. The Kier molecular flexibility index (Phi) is 3.83. The zero-order valence-electron chi connectivity index (χ0n) is 9.22. The summed E-state index contributed by atoms with van der Waals surface area (Å²) in [6, 6.07) is 3.01. The molecule has 84 valence electrons. The standard InChI is InChI=1S/C11H17BrN2S/c1-3-14(9-5-13-6-9)7-10-4-11(12)8(2)15-10/h4,9,13H,3,5-7H2,1-2H3. The summed E-state index contributed by atoms with van der Waals surface area (Å²) in [5.74, 6) is 0. The molecule has 1 saturated heterocycles. The van der Waals surface area contributed by atoms with Crippen molar-refractivity contribution in [3.63, 3.8) is 0 Å². The molecule has 1 aliphatic heterocycles. The Hall–Kier alpha value is 0.1000. The Bertz CT molecular complexity index is 314. The Balaban J connectivity index is 1.99. The van der Waals surface area contributed by atoms with Gasteiger partial charge in [0.15, 0.2) is 0 Å². The molecule has 0 amide bonds. The maximum atomic E-state index is 3.58. The van der Waals surface area contributed by atoms with E-state index >= 15 is 0 Å². The fourth-order valence-corrected chi connectivity index (χ4v) is 3.45. The van der Waals surface area contributed by atoms with Gasteiger partial charge in [-0.15, -0.1) is 11.3 Å². The molecule has 1 aliphatic rings. The summed E-state index contributed by atoms with van der Waals surface area (Å²) in [4.78, 5) is 5.40. The molecule has 0 spiro atoms. The lowest BCUT2D eigenvalue weighted by Crippen LogP contribution is -2.56. The summed E-state index contributed by atoms with van der Waals surface area (Å²) in [5, 5.41) is 3.33. The van der Waals surface area contributed by atoms with Gasteiger partial charge in [-0.05, 0) is 35.5 Å². The van der Waals surface area contributed by atoms with Crippen molar-refractivity contribution in [2.75, 3.05) is 19.6 Å². The number of hydrogen-bond donors (Lipinski definition) is 1. The summed E-state index contributed by atoms with van der Waals surface area (Å²) >= 11 is 5.48. The van der Waals surface area contributed by atoms with Crippen LogP contribution in [-0.4, -0.2) is 30.6 Å². The van der Waals surface area contributed by atoms with Crippen LogP contribution < -0.4 is 5.32 Å². The molecular formula is C11H17BrN2S. The topological polar surface area (TPSA) is 15.3 Å². The maximum Gasteiger partial charge on any atom is 0.0349 e. The van der Waals surface area contributed by atoms with Crippen molar-refractivity contribution in [1.82, 2.24) is 10.2 Å². The first-order valence-corrected chi connectivity index (χ1v) is 7.01. The molecule has 0 atom stereocenters. The Morgan fingerprint density at radius 2 is 2.33 bits per heavy atom. The zero-order valence-corrected chi connectivity index (χ0v) is 11.6. The van der Waals surface area contributed by atoms with E-state index in [0.29, 0.717) is 0 Å². The minimum Gasteiger partial charge on any atom is -0.314 e. The van der Waals surface area contributed by atoms with Gasteiger partial charge in [-0.25, -0.2) is 0 Å². The molecule has 0 aromatic carbocycles. The van der Waals surface area contributed by atoms with Gasteiger partial charge >= 0.3 is 0 Å². The monoisotopic (exact) mass is 288 g/mol. The summed E-state index contributed by atoms with van der Waals surface area (Å²) < 4.78 is 1.25. The summed E-state index contributed by atoms with van der Waals surface area (Å²) in [6.07, 6.45) is 0. The summed E-state index contributed by atoms with van der Waals surface area (Å²) in [6.45, 7) is 8.95. The van der Waals surface area contributed by atoms with Crippen LogP contribution in [0.1, 0.15) is 16.7 Å². The second-order valence-corrected chi connectivity index (χ2v) is 6.19. The third kappa shape index (κ3) is 2.61. The summed E-state index contributed by atoms with van der Waals surface area (Å²) in [5.41, 5.74) is 0. The van der Waals surface area contributed by atoms with Gasteiger partial charge in [0.1, 0.15) is 0 Å². The van der Waals surface area contributed by atoms with Gasteiger partial charge in [0.05, 0.1) is 0 Å². The smallest absolute Gasteiger partial charge is 0.0349 e. The number of aryl methyl sites for hydroxylation is 1. The van der Waals surface area contributed by atoms with Crippen LogP contribution >= 0.6 is 27.3 Å². The van der Waals surface area contributed by atoms with E-state index in [1.807, 2.05) is 11.3 Å². The highest BCUT2D eigenvalue weighted by Gasteiger charge is 2.23. The van der Waals surface area contributed by atoms with Crippen LogP contribution in [0.5, 0.6) is 0 Å². The fourth-order valence-electron chi connectivity index (χ4n) is 1.83. The van der Waals surface area contributed by atoms with Crippen LogP contribution in [0.3, 0.4) is 0 Å². The predicted octanol–water partition coefficient (Wildman–Crippen LogP) is 2.61. The molecule has 0 aliphatic carbocycles. The van der Waals surface area contributed by atoms with Crippen molar-refractivity contribution in [2.24, 2.45) is 0 Å². The highest BCUT2D eigenvalue weighted by molar-refractivity contribution is 9.10. The third-order valence-electron chi connectivity index (χ3n) is 2.95. The Labute approximate surface area is 104 Å². The fraction of sp³-hybridized carbons (Fsp3) is 0.636. The molecule has 1 aromatic rings. The first-order chi connectivity index (χ1) is 7.20. The average Bonchev–Trinajstić information content (AvgIpc) is 2.42. The molecule has 2 rings (SSSR count). The van der Waals surface area contributed by atoms with Gasteiger partial charge in [-0.1, -0.05) is 6.92 Å². The van der Waals surface area contributed by atoms with Crippen LogP contribution in [-0.2, 0) is 6.54 Å². The largest absolute Gasteiger partial charge is 0.314 e. The van der Waals surface area contributed by atoms with Crippen molar-refractivity contribution in [2.45, 2.75) is 26.4 Å². The van der Waals surface area contributed by atoms with E-state index in [9.17, 15) is 0 Å². The van der Waals surface area contributed by atoms with E-state index in [0.717, 1.165) is 32.2 Å². The van der Waals surface area contributed by atoms with Crippen LogP contribution in [0, 0.1) is 6.92 Å². The van der Waals surface area contributed by atoms with Crippen LogP contribution in [0.2, 0.25) is 0 Å². The van der Waals surface area contributed by atoms with Crippen molar-refractivity contribution < 1.29 is 0 Å². The van der Waals surface area contributed by atoms with Gasteiger partial charge < -0.3 is 5.32 Å². The molecule has 0 unspecified atom stereocenters. The molecular weight excluding hydrogens is 272 g/mol. The molecule has 0 radical (unpaired) electrons. The number of halogens is 1. The quantitative estimate of drug-likeness (QED) is 0.916. The maximum absolute atomic E-state index is 3.58. The highest BCUT2D eigenvalue weighted by Crippen LogP contribution is 2.27. The number of likely N-dealkylation sites (N-methyl/N-ethyl adjacent to an activating group) is 1. The molecule has 4 heteroatoms. The summed E-state index contributed by atoms with van der Waals surface area (Å²) in [7, 11) is 0. The Morgan fingerprint density at radius 3 is 2.73 bits per heavy atom. The number of thiophene rings is 1. The second-order valence-electron chi connectivity index (χ2n) is 3.99. The molecule has 2 nitrogen and oxygen atoms in total. The van der Waals surface area contributed by atoms with Gasteiger partial charge in [0.25, 0.3) is 0 Å². The van der Waals surface area contributed by atoms with Crippen LogP contribution in [0.25, 0.3) is 0 Å². The van der Waals surface area contributed by atoms with Crippen molar-refractivity contribution in [3.8, 4) is 0 Å². The molecule has 2 heterocycles. The van der Waals surface area contributed by atoms with Crippen molar-refractivity contribution in [1.29, 1.82) is 0 Å². The lowest BCUT2D eigenvalue weighted by molar-refractivity contribution is 0.146. The molecule has 1 fully saturated rings. The van der Waals surface area contributed by atoms with Crippen LogP contribution in [0.15, 0.2) is 10.5 Å². The average molecular weight is 289 g/mol. The first-order valence-electron chi connectivity index (χ1n) is 5.40. The van der Waals surface area contributed by atoms with E-state index in [-0.39, 0.29) is 0 Å². The molecule has 0 saturated carbocycles. The van der Waals surface area contributed by atoms with E-state index < -0.39 is 0 Å². The van der Waals surface area contributed by atoms with E-state index in [4.69, 9.17) is 0 Å². The van der Waals surface area contributed by atoms with E-state index in [1.165, 1.54) is 14.2 Å². The van der Waals surface area contributed by atoms with E-state index in [2.05, 4.69) is 46.1 Å². The first kappa shape index (κ1) is 11.6. The number of nitrogens with zero attached hydrogens (tertiary/aromatic N) is 1. The SMILES string of the molecule is CCN(Cc1cc(Br)c(C)s1)C1CNC1. The highest BCUT2D eigenvalue weighted by atomic mass is 79.9. The lowest BCUT2D eigenvalue weighted by atomic mass is 10.1. The van der Waals surface area contributed by atoms with Crippen molar-refractivity contribution >= 4 is 27.3 Å². The molecule has 15 heavy (non-hydrogen) atoms. The van der Waals surface area contributed by atoms with Gasteiger partial charge in [-0.2, -0.15) is 0 Å². The number of nitrogens with one attached hydrogen (secondary N) is 1. The Morgan fingerprint density at radius 1 is 1.60 bits per heavy atom.